The Labute approximate surface area is 148 Å². The van der Waals surface area contributed by atoms with E-state index in [-0.39, 0.29) is 11.5 Å². The first-order chi connectivity index (χ1) is 12.0. The third kappa shape index (κ3) is 4.46. The maximum atomic E-state index is 11.9. The van der Waals surface area contributed by atoms with E-state index in [1.807, 2.05) is 12.1 Å². The van der Waals surface area contributed by atoms with E-state index < -0.39 is 0 Å². The Hall–Kier alpha value is -2.18. The summed E-state index contributed by atoms with van der Waals surface area (Å²) in [7, 11) is 2.20. The van der Waals surface area contributed by atoms with Crippen LogP contribution < -0.4 is 17.2 Å². The first-order valence-electron chi connectivity index (χ1n) is 8.93. The molecule has 1 saturated carbocycles. The van der Waals surface area contributed by atoms with Crippen molar-refractivity contribution in [1.29, 1.82) is 0 Å². The molecule has 6 nitrogen and oxygen atoms in total. The fourth-order valence-corrected chi connectivity index (χ4v) is 3.47. The van der Waals surface area contributed by atoms with E-state index in [0.717, 1.165) is 31.5 Å². The molecule has 1 fully saturated rings. The van der Waals surface area contributed by atoms with Gasteiger partial charge >= 0.3 is 5.69 Å². The lowest BCUT2D eigenvalue weighted by Gasteiger charge is -2.33. The van der Waals surface area contributed by atoms with Gasteiger partial charge in [0.1, 0.15) is 5.82 Å². The van der Waals surface area contributed by atoms with Crippen molar-refractivity contribution in [2.45, 2.75) is 44.2 Å². The van der Waals surface area contributed by atoms with Crippen LogP contribution in [0.25, 0.3) is 5.69 Å². The minimum atomic E-state index is -0.358. The van der Waals surface area contributed by atoms with E-state index in [9.17, 15) is 4.79 Å². The summed E-state index contributed by atoms with van der Waals surface area (Å²) in [5, 5.41) is 0. The summed E-state index contributed by atoms with van der Waals surface area (Å²) in [5.74, 6) is 0.240. The van der Waals surface area contributed by atoms with Gasteiger partial charge in [0, 0.05) is 24.8 Å². The van der Waals surface area contributed by atoms with Crippen molar-refractivity contribution in [3.63, 3.8) is 0 Å². The lowest BCUT2D eigenvalue weighted by atomic mass is 9.91. The molecule has 0 amide bonds. The second kappa shape index (κ2) is 7.80. The molecule has 134 valence electrons. The highest BCUT2D eigenvalue weighted by molar-refractivity contribution is 5.36. The lowest BCUT2D eigenvalue weighted by molar-refractivity contribution is 0.185. The largest absolute Gasteiger partial charge is 0.383 e. The van der Waals surface area contributed by atoms with Crippen LogP contribution in [0.4, 0.5) is 5.82 Å². The highest BCUT2D eigenvalue weighted by Gasteiger charge is 2.21. The van der Waals surface area contributed by atoms with Crippen molar-refractivity contribution in [3.8, 4) is 5.69 Å². The summed E-state index contributed by atoms with van der Waals surface area (Å²) < 4.78 is 1.50. The number of nitrogens with zero attached hydrogens (tertiary/aromatic N) is 3. The second-order valence-corrected chi connectivity index (χ2v) is 6.97. The van der Waals surface area contributed by atoms with Gasteiger partial charge in [-0.25, -0.2) is 4.79 Å². The SMILES string of the molecule is CN(CCc1ccc(-n2ccc(N)nc2=O)cc1)[C@H]1CC[C@@H](N)CC1. The van der Waals surface area contributed by atoms with E-state index in [1.165, 1.54) is 23.0 Å². The summed E-state index contributed by atoms with van der Waals surface area (Å²) in [4.78, 5) is 18.1. The summed E-state index contributed by atoms with van der Waals surface area (Å²) in [6, 6.07) is 10.7. The van der Waals surface area contributed by atoms with Gasteiger partial charge < -0.3 is 16.4 Å². The molecule has 3 rings (SSSR count). The topological polar surface area (TPSA) is 90.2 Å². The molecule has 0 spiro atoms. The van der Waals surface area contributed by atoms with Crippen molar-refractivity contribution in [2.24, 2.45) is 5.73 Å². The maximum absolute atomic E-state index is 11.9. The molecule has 0 aliphatic heterocycles. The number of nitrogens with two attached hydrogens (primary N) is 2. The summed E-state index contributed by atoms with van der Waals surface area (Å²) in [6.45, 7) is 1.03. The van der Waals surface area contributed by atoms with Gasteiger partial charge in [-0.1, -0.05) is 12.1 Å². The molecule has 0 unspecified atom stereocenters. The number of nitrogen functional groups attached to an aromatic ring is 1. The summed E-state index contributed by atoms with van der Waals surface area (Å²) >= 11 is 0. The quantitative estimate of drug-likeness (QED) is 0.861. The Morgan fingerprint density at radius 1 is 1.16 bits per heavy atom. The number of hydrogen-bond acceptors (Lipinski definition) is 5. The number of benzene rings is 1. The average Bonchev–Trinajstić information content (AvgIpc) is 2.61. The number of anilines is 1. The van der Waals surface area contributed by atoms with Gasteiger partial charge in [-0.05, 0) is 62.9 Å². The smallest absolute Gasteiger partial charge is 0.354 e. The van der Waals surface area contributed by atoms with Gasteiger partial charge in [-0.2, -0.15) is 4.98 Å². The molecule has 2 aromatic rings. The first kappa shape index (κ1) is 17.6. The van der Waals surface area contributed by atoms with Gasteiger partial charge in [0.15, 0.2) is 0 Å². The van der Waals surface area contributed by atoms with Crippen LogP contribution in [-0.4, -0.2) is 40.1 Å². The summed E-state index contributed by atoms with van der Waals surface area (Å²) in [6.07, 6.45) is 7.31. The van der Waals surface area contributed by atoms with Crippen LogP contribution in [0.5, 0.6) is 0 Å². The van der Waals surface area contributed by atoms with Crippen LogP contribution in [0.3, 0.4) is 0 Å². The molecule has 25 heavy (non-hydrogen) atoms. The molecule has 0 atom stereocenters. The van der Waals surface area contributed by atoms with Gasteiger partial charge in [-0.15, -0.1) is 0 Å². The second-order valence-electron chi connectivity index (χ2n) is 6.97. The van der Waals surface area contributed by atoms with E-state index >= 15 is 0 Å². The molecule has 6 heteroatoms. The van der Waals surface area contributed by atoms with Crippen molar-refractivity contribution in [1.82, 2.24) is 14.5 Å². The molecular weight excluding hydrogens is 314 g/mol. The lowest BCUT2D eigenvalue weighted by Crippen LogP contribution is -2.39. The highest BCUT2D eigenvalue weighted by atomic mass is 16.1. The van der Waals surface area contributed by atoms with Gasteiger partial charge in [0.25, 0.3) is 0 Å². The molecule has 1 aromatic heterocycles. The minimum Gasteiger partial charge on any atom is -0.383 e. The van der Waals surface area contributed by atoms with Gasteiger partial charge in [-0.3, -0.25) is 4.57 Å². The Bertz CT molecular complexity index is 747. The van der Waals surface area contributed by atoms with E-state index in [4.69, 9.17) is 11.5 Å². The normalized spacial score (nSPS) is 20.8. The fourth-order valence-electron chi connectivity index (χ4n) is 3.47. The molecule has 1 aromatic carbocycles. The van der Waals surface area contributed by atoms with E-state index in [1.54, 1.807) is 12.3 Å². The van der Waals surface area contributed by atoms with Crippen LogP contribution in [0.1, 0.15) is 31.2 Å². The molecule has 1 aliphatic carbocycles. The Morgan fingerprint density at radius 3 is 2.48 bits per heavy atom. The number of likely N-dealkylation sites (N-methyl/N-ethyl adjacent to an activating group) is 1. The van der Waals surface area contributed by atoms with Crippen molar-refractivity contribution < 1.29 is 0 Å². The van der Waals surface area contributed by atoms with Crippen LogP contribution in [0.15, 0.2) is 41.3 Å². The third-order valence-electron chi connectivity index (χ3n) is 5.16. The van der Waals surface area contributed by atoms with Crippen molar-refractivity contribution in [3.05, 3.63) is 52.6 Å². The molecular formula is C19H27N5O. The zero-order valence-corrected chi connectivity index (χ0v) is 14.8. The Kier molecular flexibility index (Phi) is 5.50. The predicted molar refractivity (Wildman–Crippen MR) is 101 cm³/mol. The number of hydrogen-bond donors (Lipinski definition) is 2. The monoisotopic (exact) mass is 341 g/mol. The molecule has 0 saturated heterocycles. The molecule has 4 N–H and O–H groups in total. The number of aromatic nitrogens is 2. The Morgan fingerprint density at radius 2 is 1.84 bits per heavy atom. The molecule has 1 aliphatic rings. The van der Waals surface area contributed by atoms with E-state index in [0.29, 0.717) is 12.1 Å². The molecule has 1 heterocycles. The van der Waals surface area contributed by atoms with Crippen LogP contribution >= 0.6 is 0 Å². The first-order valence-corrected chi connectivity index (χ1v) is 8.93. The van der Waals surface area contributed by atoms with Gasteiger partial charge in [0.05, 0.1) is 5.69 Å². The average molecular weight is 341 g/mol. The van der Waals surface area contributed by atoms with Crippen molar-refractivity contribution in [2.75, 3.05) is 19.3 Å². The predicted octanol–water partition coefficient (Wildman–Crippen LogP) is 1.56. The fraction of sp³-hybridized carbons (Fsp3) is 0.474. The van der Waals surface area contributed by atoms with Crippen LogP contribution in [0.2, 0.25) is 0 Å². The minimum absolute atomic E-state index is 0.240. The number of rotatable bonds is 5. The zero-order chi connectivity index (χ0) is 17.8. The zero-order valence-electron chi connectivity index (χ0n) is 14.8. The summed E-state index contributed by atoms with van der Waals surface area (Å²) in [5.41, 5.74) is 13.2. The standard InChI is InChI=1S/C19H27N5O/c1-23(16-8-4-15(20)5-9-16)12-10-14-2-6-17(7-3-14)24-13-11-18(21)22-19(24)25/h2-3,6-7,11,13,15-16H,4-5,8-10,12,20H2,1H3,(H2,21,22,25)/t15-,16+. The molecule has 0 bridgehead atoms. The van der Waals surface area contributed by atoms with Crippen LogP contribution in [-0.2, 0) is 6.42 Å². The van der Waals surface area contributed by atoms with Gasteiger partial charge in [0.2, 0.25) is 0 Å². The maximum Gasteiger partial charge on any atom is 0.354 e. The van der Waals surface area contributed by atoms with Crippen LogP contribution in [0, 0.1) is 0 Å². The highest BCUT2D eigenvalue weighted by Crippen LogP contribution is 2.21. The third-order valence-corrected chi connectivity index (χ3v) is 5.16. The van der Waals surface area contributed by atoms with E-state index in [2.05, 4.69) is 29.1 Å². The molecule has 0 radical (unpaired) electrons. The Balaban J connectivity index is 1.58. The van der Waals surface area contributed by atoms with Crippen molar-refractivity contribution >= 4 is 5.82 Å².